The van der Waals surface area contributed by atoms with Crippen LogP contribution in [-0.4, -0.2) is 54.2 Å². The lowest BCUT2D eigenvalue weighted by atomic mass is 9.85. The fraction of sp³-hybridized carbons (Fsp3) is 0.371. The van der Waals surface area contributed by atoms with Crippen molar-refractivity contribution in [2.24, 2.45) is 32.7 Å². The standard InChI is InChI=1S/C35H36N4O6/c1-8-19-15(2)23-12-27-21(14-40)17(4)22(37-27)11-24-16(3)20(9-10-28(41)44-6)32(38-24)30-31(35(43)45-7)34(42)29-18(5)25(39-33(29)30)13-26(19)36-23/h11-14,16,20,31,38,40H,8-10H2,1-7H3/b21-14+,23-12?,24-11?,25-13?,32-30?/t16-,20-,31+/m0/s1/i40+2. The second-order valence-corrected chi connectivity index (χ2v) is 11.9. The molecule has 10 nitrogen and oxygen atoms in total. The molecule has 232 valence electrons. The number of esters is 2. The molecule has 5 aliphatic heterocycles. The zero-order chi connectivity index (χ0) is 32.3. The highest BCUT2D eigenvalue weighted by Gasteiger charge is 2.51. The number of fused-ring (bicyclic) bond motifs is 5. The zero-order valence-corrected chi connectivity index (χ0v) is 26.5. The summed E-state index contributed by atoms with van der Waals surface area (Å²) in [6, 6.07) is 0. The van der Waals surface area contributed by atoms with Crippen molar-refractivity contribution in [2.75, 3.05) is 14.2 Å². The first-order valence-electron chi connectivity index (χ1n) is 15.1. The second kappa shape index (κ2) is 11.3. The molecule has 0 aromatic heterocycles. The van der Waals surface area contributed by atoms with Gasteiger partial charge in [-0.1, -0.05) is 13.8 Å². The smallest absolute Gasteiger partial charge is 0.321 e. The number of ketones is 1. The third kappa shape index (κ3) is 4.62. The van der Waals surface area contributed by atoms with Gasteiger partial charge in [0.05, 0.1) is 54.7 Å². The summed E-state index contributed by atoms with van der Waals surface area (Å²) >= 11 is 0. The molecule has 0 amide bonds. The molecule has 1 aliphatic carbocycles. The maximum absolute atomic E-state index is 14.0. The maximum atomic E-state index is 14.0. The molecule has 1 saturated carbocycles. The van der Waals surface area contributed by atoms with E-state index in [0.717, 1.165) is 46.5 Å². The number of hydrogen-bond acceptors (Lipinski definition) is 10. The van der Waals surface area contributed by atoms with Gasteiger partial charge in [-0.15, -0.1) is 0 Å². The van der Waals surface area contributed by atoms with Crippen molar-refractivity contribution in [3.05, 3.63) is 92.0 Å². The van der Waals surface area contributed by atoms with Crippen LogP contribution in [0.1, 0.15) is 53.9 Å². The Labute approximate surface area is 261 Å². The second-order valence-electron chi connectivity index (χ2n) is 11.9. The van der Waals surface area contributed by atoms with Gasteiger partial charge in [0, 0.05) is 46.4 Å². The lowest BCUT2D eigenvalue weighted by Gasteiger charge is -2.19. The molecule has 0 spiro atoms. The fourth-order valence-electron chi connectivity index (χ4n) is 7.03. The first kappa shape index (κ1) is 30.2. The lowest BCUT2D eigenvalue weighted by molar-refractivity contribution is -0.146. The van der Waals surface area contributed by atoms with Crippen LogP contribution in [0.25, 0.3) is 0 Å². The maximum Gasteiger partial charge on any atom is 0.321 e. The summed E-state index contributed by atoms with van der Waals surface area (Å²) in [5.74, 6) is -2.99. The Balaban J connectivity index is 1.66. The summed E-state index contributed by atoms with van der Waals surface area (Å²) in [5.41, 5.74) is 10.2. The molecule has 45 heavy (non-hydrogen) atoms. The molecule has 2 N–H and O–H groups in total. The molecule has 2 fully saturated rings. The molecule has 3 atom stereocenters. The predicted molar refractivity (Wildman–Crippen MR) is 170 cm³/mol. The van der Waals surface area contributed by atoms with Crippen LogP contribution in [0.5, 0.6) is 0 Å². The number of hydrogen-bond donors (Lipinski definition) is 2. The van der Waals surface area contributed by atoms with Crippen LogP contribution in [0, 0.1) is 17.8 Å². The van der Waals surface area contributed by atoms with Gasteiger partial charge in [-0.3, -0.25) is 14.4 Å². The van der Waals surface area contributed by atoms with Gasteiger partial charge in [0.2, 0.25) is 0 Å². The largest absolute Gasteiger partial charge is 0.515 e. The number of aliphatic hydroxyl groups is 1. The molecule has 0 aromatic rings. The van der Waals surface area contributed by atoms with Crippen LogP contribution in [0.4, 0.5) is 0 Å². The summed E-state index contributed by atoms with van der Waals surface area (Å²) in [6.45, 7) is 9.85. The average molecular weight is 611 g/mol. The van der Waals surface area contributed by atoms with Crippen molar-refractivity contribution >= 4 is 34.9 Å². The molecule has 8 bridgehead atoms. The number of carbonyl (C=O) groups is 3. The quantitative estimate of drug-likeness (QED) is 0.189. The first-order valence-corrected chi connectivity index (χ1v) is 15.1. The molecule has 5 heterocycles. The highest BCUT2D eigenvalue weighted by Crippen LogP contribution is 2.47. The van der Waals surface area contributed by atoms with E-state index in [1.807, 2.05) is 45.9 Å². The Morgan fingerprint density at radius 2 is 1.69 bits per heavy atom. The zero-order valence-electron chi connectivity index (χ0n) is 26.5. The Bertz CT molecular complexity index is 1830. The summed E-state index contributed by atoms with van der Waals surface area (Å²) in [6.07, 6.45) is 8.06. The highest BCUT2D eigenvalue weighted by molar-refractivity contribution is 6.42. The summed E-state index contributed by atoms with van der Waals surface area (Å²) < 4.78 is 10.1. The molecule has 6 aliphatic rings. The van der Waals surface area contributed by atoms with Crippen LogP contribution in [0.2, 0.25) is 0 Å². The summed E-state index contributed by atoms with van der Waals surface area (Å²) in [5, 5.41) is 13.8. The van der Waals surface area contributed by atoms with E-state index in [4.69, 9.17) is 24.5 Å². The lowest BCUT2D eigenvalue weighted by Crippen LogP contribution is -2.26. The average Bonchev–Trinajstić information content (AvgIpc) is 3.76. The summed E-state index contributed by atoms with van der Waals surface area (Å²) in [4.78, 5) is 54.4. The normalized spacial score (nSPS) is 26.2. The number of Topliss-reactive ketones (excluding diaryl/α,β-unsaturated/α-hetero) is 1. The fourth-order valence-corrected chi connectivity index (χ4v) is 7.03. The van der Waals surface area contributed by atoms with E-state index in [0.29, 0.717) is 57.2 Å². The van der Waals surface area contributed by atoms with Crippen molar-refractivity contribution in [3.8, 4) is 0 Å². The highest BCUT2D eigenvalue weighted by atomic mass is 18.2. The molecule has 0 unspecified atom stereocenters. The molecule has 6 rings (SSSR count). The van der Waals surface area contributed by atoms with E-state index in [-0.39, 0.29) is 30.0 Å². The number of nitrogens with one attached hydrogen (secondary N) is 1. The van der Waals surface area contributed by atoms with Gasteiger partial charge >= 0.3 is 11.9 Å². The minimum atomic E-state index is -1.19. The van der Waals surface area contributed by atoms with Gasteiger partial charge in [-0.05, 0) is 74.1 Å². The first-order chi connectivity index (χ1) is 21.5. The van der Waals surface area contributed by atoms with Gasteiger partial charge in [0.25, 0.3) is 0 Å². The number of rotatable bonds is 5. The third-order valence-corrected chi connectivity index (χ3v) is 9.65. The van der Waals surface area contributed by atoms with Gasteiger partial charge in [0.1, 0.15) is 5.92 Å². The Kier molecular flexibility index (Phi) is 7.54. The number of nitrogens with zero attached hydrogens (tertiary/aromatic N) is 3. The third-order valence-electron chi connectivity index (χ3n) is 9.65. The van der Waals surface area contributed by atoms with Crippen molar-refractivity contribution in [3.63, 3.8) is 0 Å². The van der Waals surface area contributed by atoms with Crippen molar-refractivity contribution in [1.82, 2.24) is 5.32 Å². The molecule has 1 saturated heterocycles. The van der Waals surface area contributed by atoms with Gasteiger partial charge in [0.15, 0.2) is 5.78 Å². The van der Waals surface area contributed by atoms with Crippen molar-refractivity contribution in [2.45, 2.75) is 53.9 Å². The van der Waals surface area contributed by atoms with Crippen LogP contribution in [0.15, 0.2) is 107 Å². The molecule has 10 heteroatoms. The van der Waals surface area contributed by atoms with E-state index in [1.165, 1.54) is 14.2 Å². The number of aliphatic imine (C=N–C) groups is 3. The molecular formula is C35H36N4O6. The van der Waals surface area contributed by atoms with Gasteiger partial charge < -0.3 is 19.9 Å². The minimum Gasteiger partial charge on any atom is -0.515 e. The molecule has 0 radical (unpaired) electrons. The van der Waals surface area contributed by atoms with Crippen LogP contribution >= 0.6 is 0 Å². The van der Waals surface area contributed by atoms with E-state index >= 15 is 0 Å². The van der Waals surface area contributed by atoms with E-state index < -0.39 is 11.9 Å². The molecule has 0 aromatic carbocycles. The SMILES string of the molecule is CCC1=C(C)C2=CC3=NC(=C(C)/C3=C\[18OH])C=C3NC(=C4C5=NC(=CC1=N2)C(C)=C5C(=O)[C@@H]4C(=O)OC)[C@@H](CCC(=O)OC)[C@@H]3C. The van der Waals surface area contributed by atoms with Crippen molar-refractivity contribution in [1.29, 1.82) is 0 Å². The minimum absolute atomic E-state index is 0.147. The van der Waals surface area contributed by atoms with Crippen LogP contribution in [0.3, 0.4) is 0 Å². The predicted octanol–water partition coefficient (Wildman–Crippen LogP) is 5.21. The number of carbonyl (C=O) groups excluding carboxylic acids is 3. The van der Waals surface area contributed by atoms with E-state index in [9.17, 15) is 19.5 Å². The van der Waals surface area contributed by atoms with Gasteiger partial charge in [-0.2, -0.15) is 0 Å². The number of aliphatic hydroxyl groups excluding tert-OH is 1. The Hall–Kier alpha value is -4.86. The number of allylic oxidation sites excluding steroid dienone is 11. The van der Waals surface area contributed by atoms with E-state index in [2.05, 4.69) is 12.2 Å². The summed E-state index contributed by atoms with van der Waals surface area (Å²) in [7, 11) is 2.62. The Morgan fingerprint density at radius 1 is 0.978 bits per heavy atom. The van der Waals surface area contributed by atoms with E-state index in [1.54, 1.807) is 0 Å². The van der Waals surface area contributed by atoms with Crippen molar-refractivity contribution < 1.29 is 29.0 Å². The number of methoxy groups -OCH3 is 2. The van der Waals surface area contributed by atoms with Crippen LogP contribution < -0.4 is 5.32 Å². The topological polar surface area (TPSA) is 139 Å². The van der Waals surface area contributed by atoms with Crippen LogP contribution in [-0.2, 0) is 23.9 Å². The number of ether oxygens (including phenoxy) is 2. The van der Waals surface area contributed by atoms with Gasteiger partial charge in [-0.25, -0.2) is 15.0 Å². The molecular weight excluding hydrogens is 574 g/mol. The Morgan fingerprint density at radius 3 is 2.36 bits per heavy atom. The monoisotopic (exact) mass is 610 g/mol.